The molecule has 3 heteroatoms. The number of hydrogen-bond acceptors (Lipinski definition) is 1. The van der Waals surface area contributed by atoms with Crippen LogP contribution in [-0.2, 0) is 16.4 Å². The summed E-state index contributed by atoms with van der Waals surface area (Å²) in [5.41, 5.74) is 1.63. The Morgan fingerprint density at radius 1 is 1.26 bits per heavy atom. The first-order chi connectivity index (χ1) is 8.81. The van der Waals surface area contributed by atoms with Crippen LogP contribution in [0.1, 0.15) is 52.5 Å². The Hall–Kier alpha value is -0.670. The van der Waals surface area contributed by atoms with Crippen molar-refractivity contribution in [2.75, 3.05) is 0 Å². The highest BCUT2D eigenvalue weighted by atomic mass is 32.2. The quantitative estimate of drug-likeness (QED) is 0.900. The summed E-state index contributed by atoms with van der Waals surface area (Å²) in [4.78, 5) is 0. The third kappa shape index (κ3) is 3.46. The van der Waals surface area contributed by atoms with Crippen molar-refractivity contribution in [3.8, 4) is 0 Å². The van der Waals surface area contributed by atoms with Gasteiger partial charge in [-0.2, -0.15) is 0 Å². The summed E-state index contributed by atoms with van der Waals surface area (Å²) in [5, 5.41) is 0. The second-order valence-electron chi connectivity index (χ2n) is 6.87. The molecule has 2 rings (SSSR count). The van der Waals surface area contributed by atoms with Gasteiger partial charge in [-0.25, -0.2) is 8.93 Å². The zero-order valence-electron chi connectivity index (χ0n) is 12.4. The van der Waals surface area contributed by atoms with Crippen molar-refractivity contribution < 1.29 is 4.21 Å². The molecule has 0 bridgehead atoms. The molecule has 19 heavy (non-hydrogen) atoms. The van der Waals surface area contributed by atoms with Crippen LogP contribution >= 0.6 is 0 Å². The lowest BCUT2D eigenvalue weighted by molar-refractivity contribution is 0.475. The van der Waals surface area contributed by atoms with Crippen LogP contribution in [0, 0.1) is 0 Å². The summed E-state index contributed by atoms with van der Waals surface area (Å²) < 4.78 is 15.3. The largest absolute Gasteiger partial charge is 0.242 e. The molecule has 1 saturated carbocycles. The van der Waals surface area contributed by atoms with E-state index >= 15 is 0 Å². The van der Waals surface area contributed by atoms with Crippen molar-refractivity contribution in [3.63, 3.8) is 0 Å². The molecular weight excluding hydrogens is 254 g/mol. The zero-order chi connectivity index (χ0) is 14.1. The molecule has 0 saturated heterocycles. The Kier molecular flexibility index (Phi) is 4.17. The predicted octanol–water partition coefficient (Wildman–Crippen LogP) is 3.55. The third-order valence-corrected chi connectivity index (χ3v) is 5.70. The maximum atomic E-state index is 12.2. The van der Waals surface area contributed by atoms with Gasteiger partial charge in [-0.05, 0) is 51.0 Å². The highest BCUT2D eigenvalue weighted by Gasteiger charge is 2.37. The molecule has 0 aliphatic heterocycles. The van der Waals surface area contributed by atoms with Gasteiger partial charge in [-0.1, -0.05) is 37.3 Å². The summed E-state index contributed by atoms with van der Waals surface area (Å²) in [7, 11) is -0.967. The zero-order valence-corrected chi connectivity index (χ0v) is 13.2. The fraction of sp³-hybridized carbons (Fsp3) is 0.625. The molecule has 0 radical (unpaired) electrons. The second kappa shape index (κ2) is 5.37. The SMILES string of the molecule is CC(C)(C)[S@](=O)N[C@@H]1CC[C@@](C)(c2ccccc2)C1. The maximum Gasteiger partial charge on any atom is 0.0972 e. The smallest absolute Gasteiger partial charge is 0.0972 e. The topological polar surface area (TPSA) is 29.1 Å². The molecule has 3 atom stereocenters. The number of rotatable bonds is 3. The van der Waals surface area contributed by atoms with Crippen LogP contribution in [0.25, 0.3) is 0 Å². The minimum Gasteiger partial charge on any atom is -0.242 e. The summed E-state index contributed by atoms with van der Waals surface area (Å²) in [6, 6.07) is 11.1. The Morgan fingerprint density at radius 3 is 2.47 bits per heavy atom. The predicted molar refractivity (Wildman–Crippen MR) is 82.5 cm³/mol. The van der Waals surface area contributed by atoms with Gasteiger partial charge in [-0.3, -0.25) is 0 Å². The van der Waals surface area contributed by atoms with Crippen molar-refractivity contribution in [2.24, 2.45) is 0 Å². The lowest BCUT2D eigenvalue weighted by Gasteiger charge is -2.26. The molecule has 1 aliphatic rings. The summed E-state index contributed by atoms with van der Waals surface area (Å²) in [6.45, 7) is 8.37. The van der Waals surface area contributed by atoms with Gasteiger partial charge in [0.1, 0.15) is 0 Å². The van der Waals surface area contributed by atoms with E-state index in [2.05, 4.69) is 42.0 Å². The lowest BCUT2D eigenvalue weighted by Crippen LogP contribution is -2.39. The molecule has 1 aromatic rings. The van der Waals surface area contributed by atoms with Gasteiger partial charge in [0.15, 0.2) is 0 Å². The van der Waals surface area contributed by atoms with Gasteiger partial charge in [0.2, 0.25) is 0 Å². The average Bonchev–Trinajstić information content (AvgIpc) is 2.72. The molecule has 0 spiro atoms. The fourth-order valence-corrected chi connectivity index (χ4v) is 3.63. The van der Waals surface area contributed by atoms with E-state index in [1.54, 1.807) is 0 Å². The molecule has 0 heterocycles. The van der Waals surface area contributed by atoms with E-state index < -0.39 is 11.0 Å². The van der Waals surface area contributed by atoms with Gasteiger partial charge >= 0.3 is 0 Å². The first-order valence-electron chi connectivity index (χ1n) is 7.05. The number of nitrogens with one attached hydrogen (secondary N) is 1. The molecule has 1 aromatic carbocycles. The van der Waals surface area contributed by atoms with E-state index in [1.165, 1.54) is 5.56 Å². The summed E-state index contributed by atoms with van der Waals surface area (Å²) in [5.74, 6) is 0. The average molecular weight is 279 g/mol. The van der Waals surface area contributed by atoms with Crippen LogP contribution in [0.2, 0.25) is 0 Å². The van der Waals surface area contributed by atoms with Gasteiger partial charge in [0.25, 0.3) is 0 Å². The minimum absolute atomic E-state index is 0.189. The molecule has 2 nitrogen and oxygen atoms in total. The van der Waals surface area contributed by atoms with E-state index in [9.17, 15) is 4.21 Å². The Balaban J connectivity index is 2.02. The first-order valence-corrected chi connectivity index (χ1v) is 8.20. The van der Waals surface area contributed by atoms with Crippen molar-refractivity contribution in [1.82, 2.24) is 4.72 Å². The number of benzene rings is 1. The highest BCUT2D eigenvalue weighted by Crippen LogP contribution is 2.40. The molecule has 1 fully saturated rings. The molecule has 106 valence electrons. The van der Waals surface area contributed by atoms with Crippen LogP contribution in [0.4, 0.5) is 0 Å². The monoisotopic (exact) mass is 279 g/mol. The van der Waals surface area contributed by atoms with E-state index in [0.717, 1.165) is 19.3 Å². The molecular formula is C16H25NOS. The number of hydrogen-bond donors (Lipinski definition) is 1. The normalized spacial score (nSPS) is 29.4. The van der Waals surface area contributed by atoms with Gasteiger partial charge in [0.05, 0.1) is 15.7 Å². The first kappa shape index (κ1) is 14.7. The van der Waals surface area contributed by atoms with Crippen molar-refractivity contribution in [1.29, 1.82) is 0 Å². The van der Waals surface area contributed by atoms with E-state index in [0.29, 0.717) is 6.04 Å². The van der Waals surface area contributed by atoms with Crippen LogP contribution in [0.3, 0.4) is 0 Å². The van der Waals surface area contributed by atoms with Crippen LogP contribution in [0.15, 0.2) is 30.3 Å². The third-order valence-electron chi connectivity index (χ3n) is 4.04. The standard InChI is InChI=1S/C16H25NOS/c1-15(2,3)19(18)17-14-10-11-16(4,12-14)13-8-6-5-7-9-13/h5-9,14,17H,10-12H2,1-4H3/t14-,16-,19+/m1/s1. The van der Waals surface area contributed by atoms with E-state index in [4.69, 9.17) is 0 Å². The molecule has 1 aliphatic carbocycles. The molecule has 0 unspecified atom stereocenters. The van der Waals surface area contributed by atoms with E-state index in [1.807, 2.05) is 20.8 Å². The fourth-order valence-electron chi connectivity index (χ4n) is 2.77. The highest BCUT2D eigenvalue weighted by molar-refractivity contribution is 7.84. The molecule has 0 amide bonds. The molecule has 0 aromatic heterocycles. The lowest BCUT2D eigenvalue weighted by atomic mass is 9.81. The maximum absolute atomic E-state index is 12.2. The van der Waals surface area contributed by atoms with Crippen molar-refractivity contribution in [2.45, 2.75) is 63.2 Å². The van der Waals surface area contributed by atoms with Crippen LogP contribution in [-0.4, -0.2) is 15.0 Å². The Labute approximate surface area is 119 Å². The second-order valence-corrected chi connectivity index (χ2v) is 8.86. The van der Waals surface area contributed by atoms with Crippen LogP contribution in [0.5, 0.6) is 0 Å². The van der Waals surface area contributed by atoms with Gasteiger partial charge in [0, 0.05) is 6.04 Å². The van der Waals surface area contributed by atoms with Crippen molar-refractivity contribution in [3.05, 3.63) is 35.9 Å². The summed E-state index contributed by atoms with van der Waals surface area (Å²) >= 11 is 0. The van der Waals surface area contributed by atoms with Crippen LogP contribution < -0.4 is 4.72 Å². The Bertz CT molecular complexity index is 452. The van der Waals surface area contributed by atoms with E-state index in [-0.39, 0.29) is 10.2 Å². The van der Waals surface area contributed by atoms with Gasteiger partial charge in [-0.15, -0.1) is 0 Å². The minimum atomic E-state index is -0.967. The molecule has 1 N–H and O–H groups in total. The van der Waals surface area contributed by atoms with Crippen molar-refractivity contribution >= 4 is 11.0 Å². The Morgan fingerprint density at radius 2 is 1.89 bits per heavy atom. The summed E-state index contributed by atoms with van der Waals surface area (Å²) in [6.07, 6.45) is 3.34. The van der Waals surface area contributed by atoms with Gasteiger partial charge < -0.3 is 0 Å².